The van der Waals surface area contributed by atoms with Crippen LogP contribution in [0.3, 0.4) is 0 Å². The molecule has 3 rings (SSSR count). The first kappa shape index (κ1) is 24.3. The number of amides is 1. The number of ether oxygens (including phenoxy) is 3. The van der Waals surface area contributed by atoms with Crippen LogP contribution in [0.5, 0.6) is 11.5 Å². The third kappa shape index (κ3) is 5.53. The molecule has 0 radical (unpaired) electrons. The van der Waals surface area contributed by atoms with E-state index in [2.05, 4.69) is 5.32 Å². The van der Waals surface area contributed by atoms with Gasteiger partial charge in [-0.05, 0) is 47.4 Å². The number of hydrogen-bond acceptors (Lipinski definition) is 5. The van der Waals surface area contributed by atoms with Gasteiger partial charge in [0.1, 0.15) is 17.1 Å². The first-order valence-electron chi connectivity index (χ1n) is 11.1. The van der Waals surface area contributed by atoms with Crippen molar-refractivity contribution in [3.05, 3.63) is 95.6 Å². The van der Waals surface area contributed by atoms with E-state index in [-0.39, 0.29) is 12.5 Å². The van der Waals surface area contributed by atoms with Gasteiger partial charge in [-0.3, -0.25) is 4.79 Å². The van der Waals surface area contributed by atoms with Gasteiger partial charge in [0.2, 0.25) is 5.91 Å². The van der Waals surface area contributed by atoms with E-state index in [9.17, 15) is 4.79 Å². The van der Waals surface area contributed by atoms with Crippen LogP contribution in [0.25, 0.3) is 0 Å². The SMILES string of the molecule is CCC(N)C(=O)NCCOC(c1ccccc1)(c1ccc(OC)cc1)c1ccc(OC)cc1. The number of hydrogen-bond donors (Lipinski definition) is 2. The molecule has 0 aromatic heterocycles. The molecule has 1 unspecified atom stereocenters. The summed E-state index contributed by atoms with van der Waals surface area (Å²) in [5.41, 5.74) is 7.78. The van der Waals surface area contributed by atoms with Crippen molar-refractivity contribution in [2.75, 3.05) is 27.4 Å². The fraction of sp³-hybridized carbons (Fsp3) is 0.296. The van der Waals surface area contributed by atoms with Crippen molar-refractivity contribution in [3.63, 3.8) is 0 Å². The third-order valence-corrected chi connectivity index (χ3v) is 5.67. The highest BCUT2D eigenvalue weighted by atomic mass is 16.5. The summed E-state index contributed by atoms with van der Waals surface area (Å²) < 4.78 is 17.4. The average molecular weight is 449 g/mol. The maximum absolute atomic E-state index is 12.1. The summed E-state index contributed by atoms with van der Waals surface area (Å²) in [5, 5.41) is 2.87. The highest BCUT2D eigenvalue weighted by Crippen LogP contribution is 2.41. The Labute approximate surface area is 195 Å². The summed E-state index contributed by atoms with van der Waals surface area (Å²) in [7, 11) is 3.28. The molecule has 0 saturated carbocycles. The Kier molecular flexibility index (Phi) is 8.46. The Bertz CT molecular complexity index is 957. The fourth-order valence-electron chi connectivity index (χ4n) is 3.77. The van der Waals surface area contributed by atoms with Crippen LogP contribution in [-0.2, 0) is 15.1 Å². The van der Waals surface area contributed by atoms with E-state index in [1.54, 1.807) is 14.2 Å². The second-order valence-corrected chi connectivity index (χ2v) is 7.66. The second kappa shape index (κ2) is 11.5. The lowest BCUT2D eigenvalue weighted by Crippen LogP contribution is -2.42. The van der Waals surface area contributed by atoms with E-state index < -0.39 is 11.6 Å². The number of carbonyl (C=O) groups is 1. The van der Waals surface area contributed by atoms with E-state index in [0.717, 1.165) is 28.2 Å². The van der Waals surface area contributed by atoms with Crippen molar-refractivity contribution in [2.45, 2.75) is 25.0 Å². The van der Waals surface area contributed by atoms with E-state index in [0.29, 0.717) is 13.0 Å². The van der Waals surface area contributed by atoms with Crippen LogP contribution in [0.4, 0.5) is 0 Å². The zero-order valence-corrected chi connectivity index (χ0v) is 19.4. The molecule has 0 saturated heterocycles. The van der Waals surface area contributed by atoms with Gasteiger partial charge >= 0.3 is 0 Å². The number of nitrogens with two attached hydrogens (primary N) is 1. The maximum atomic E-state index is 12.1. The largest absolute Gasteiger partial charge is 0.497 e. The molecule has 0 bridgehead atoms. The summed E-state index contributed by atoms with van der Waals surface area (Å²) >= 11 is 0. The molecule has 0 spiro atoms. The topological polar surface area (TPSA) is 82.8 Å². The van der Waals surface area contributed by atoms with Gasteiger partial charge in [-0.15, -0.1) is 0 Å². The van der Waals surface area contributed by atoms with Gasteiger partial charge in [0.15, 0.2) is 0 Å². The molecule has 0 aliphatic heterocycles. The van der Waals surface area contributed by atoms with Crippen LogP contribution < -0.4 is 20.5 Å². The lowest BCUT2D eigenvalue weighted by atomic mass is 9.80. The minimum atomic E-state index is -0.905. The van der Waals surface area contributed by atoms with Gasteiger partial charge in [0.05, 0.1) is 26.9 Å². The van der Waals surface area contributed by atoms with Gasteiger partial charge in [0.25, 0.3) is 0 Å². The van der Waals surface area contributed by atoms with Gasteiger partial charge in [-0.2, -0.15) is 0 Å². The first-order chi connectivity index (χ1) is 16.0. The Hall–Kier alpha value is -3.35. The molecule has 3 aromatic rings. The highest BCUT2D eigenvalue weighted by molar-refractivity contribution is 5.81. The fourth-order valence-corrected chi connectivity index (χ4v) is 3.77. The predicted octanol–water partition coefficient (Wildman–Crippen LogP) is 3.87. The Morgan fingerprint density at radius 1 is 0.848 bits per heavy atom. The maximum Gasteiger partial charge on any atom is 0.236 e. The van der Waals surface area contributed by atoms with Crippen molar-refractivity contribution in [3.8, 4) is 11.5 Å². The van der Waals surface area contributed by atoms with Crippen LogP contribution in [0.1, 0.15) is 30.0 Å². The van der Waals surface area contributed by atoms with Crippen molar-refractivity contribution in [2.24, 2.45) is 5.73 Å². The quantitative estimate of drug-likeness (QED) is 0.344. The van der Waals surface area contributed by atoms with Crippen LogP contribution >= 0.6 is 0 Å². The molecule has 3 N–H and O–H groups in total. The molecule has 1 amide bonds. The van der Waals surface area contributed by atoms with Crippen LogP contribution in [0, 0.1) is 0 Å². The summed E-state index contributed by atoms with van der Waals surface area (Å²) in [6.45, 7) is 2.51. The molecule has 0 fully saturated rings. The number of nitrogens with one attached hydrogen (secondary N) is 1. The molecule has 3 aromatic carbocycles. The van der Waals surface area contributed by atoms with E-state index in [1.807, 2.05) is 85.8 Å². The molecule has 33 heavy (non-hydrogen) atoms. The van der Waals surface area contributed by atoms with Gasteiger partial charge in [0, 0.05) is 6.54 Å². The summed E-state index contributed by atoms with van der Waals surface area (Å²) in [4.78, 5) is 12.1. The average Bonchev–Trinajstić information content (AvgIpc) is 2.89. The van der Waals surface area contributed by atoms with E-state index in [1.165, 1.54) is 0 Å². The van der Waals surface area contributed by atoms with Crippen molar-refractivity contribution in [1.29, 1.82) is 0 Å². The minimum Gasteiger partial charge on any atom is -0.497 e. The Balaban J connectivity index is 2.03. The Morgan fingerprint density at radius 2 is 1.33 bits per heavy atom. The van der Waals surface area contributed by atoms with E-state index in [4.69, 9.17) is 19.9 Å². The summed E-state index contributed by atoms with van der Waals surface area (Å²) in [6.07, 6.45) is 0.582. The van der Waals surface area contributed by atoms with Gasteiger partial charge < -0.3 is 25.3 Å². The molecular weight excluding hydrogens is 416 g/mol. The number of rotatable bonds is 11. The molecule has 0 aliphatic rings. The third-order valence-electron chi connectivity index (χ3n) is 5.67. The van der Waals surface area contributed by atoms with Gasteiger partial charge in [-0.25, -0.2) is 0 Å². The number of carbonyl (C=O) groups excluding carboxylic acids is 1. The highest BCUT2D eigenvalue weighted by Gasteiger charge is 2.37. The molecule has 6 heteroatoms. The molecule has 174 valence electrons. The molecular formula is C27H32N2O4. The first-order valence-corrected chi connectivity index (χ1v) is 11.1. The minimum absolute atomic E-state index is 0.180. The lowest BCUT2D eigenvalue weighted by molar-refractivity contribution is -0.122. The van der Waals surface area contributed by atoms with Crippen LogP contribution in [0.2, 0.25) is 0 Å². The van der Waals surface area contributed by atoms with Crippen molar-refractivity contribution >= 4 is 5.91 Å². The van der Waals surface area contributed by atoms with Crippen molar-refractivity contribution in [1.82, 2.24) is 5.32 Å². The number of methoxy groups -OCH3 is 2. The lowest BCUT2D eigenvalue weighted by Gasteiger charge is -2.36. The Morgan fingerprint density at radius 3 is 1.79 bits per heavy atom. The van der Waals surface area contributed by atoms with Crippen molar-refractivity contribution < 1.29 is 19.0 Å². The van der Waals surface area contributed by atoms with Crippen LogP contribution in [-0.4, -0.2) is 39.3 Å². The zero-order chi connectivity index (χ0) is 23.7. The second-order valence-electron chi connectivity index (χ2n) is 7.66. The molecule has 0 aliphatic carbocycles. The smallest absolute Gasteiger partial charge is 0.236 e. The van der Waals surface area contributed by atoms with E-state index >= 15 is 0 Å². The van der Waals surface area contributed by atoms with Crippen LogP contribution in [0.15, 0.2) is 78.9 Å². The summed E-state index contributed by atoms with van der Waals surface area (Å²) in [6, 6.07) is 25.2. The molecule has 6 nitrogen and oxygen atoms in total. The molecule has 0 heterocycles. The number of benzene rings is 3. The predicted molar refractivity (Wildman–Crippen MR) is 130 cm³/mol. The summed E-state index contributed by atoms with van der Waals surface area (Å²) in [5.74, 6) is 1.34. The monoisotopic (exact) mass is 448 g/mol. The standard InChI is InChI=1S/C27H32N2O4/c1-4-25(28)26(30)29-18-19-33-27(20-8-6-5-7-9-20,21-10-14-23(31-2)15-11-21)22-12-16-24(32-3)17-13-22/h5-17,25H,4,18-19,28H2,1-3H3,(H,29,30). The normalized spacial score (nSPS) is 12.1. The molecule has 1 atom stereocenters. The van der Waals surface area contributed by atoms with Gasteiger partial charge in [-0.1, -0.05) is 61.5 Å². The zero-order valence-electron chi connectivity index (χ0n) is 19.4.